The van der Waals surface area contributed by atoms with Crippen LogP contribution in [0, 0.1) is 0 Å². The average Bonchev–Trinajstić information content (AvgIpc) is 2.88. The maximum atomic E-state index is 6.25. The van der Waals surface area contributed by atoms with Gasteiger partial charge in [0.05, 0.1) is 17.1 Å². The Morgan fingerprint density at radius 1 is 0.783 bits per heavy atom. The van der Waals surface area contributed by atoms with Crippen molar-refractivity contribution in [1.82, 2.24) is 0 Å². The lowest BCUT2D eigenvalue weighted by molar-refractivity contribution is 0.616. The van der Waals surface area contributed by atoms with E-state index in [1.54, 1.807) is 0 Å². The average molecular weight is 338 g/mol. The number of benzene rings is 3. The molecule has 1 unspecified atom stereocenters. The highest BCUT2D eigenvalue weighted by Crippen LogP contribution is 2.63. The molecule has 0 aliphatic carbocycles. The van der Waals surface area contributed by atoms with Crippen molar-refractivity contribution in [2.45, 2.75) is 0 Å². The molecule has 0 radical (unpaired) electrons. The van der Waals surface area contributed by atoms with Crippen LogP contribution in [0.2, 0.25) is 0 Å². The molecule has 4 rings (SSSR count). The van der Waals surface area contributed by atoms with Crippen molar-refractivity contribution in [3.63, 3.8) is 0 Å². The fraction of sp³-hybridized carbons (Fsp3) is 0. The van der Waals surface area contributed by atoms with Crippen molar-refractivity contribution in [2.24, 2.45) is 0 Å². The summed E-state index contributed by atoms with van der Waals surface area (Å²) in [5.74, 6) is 0.775. The van der Waals surface area contributed by atoms with E-state index in [1.165, 1.54) is 0 Å². The van der Waals surface area contributed by atoms with Crippen LogP contribution in [0.4, 0.5) is 17.1 Å². The second-order valence-electron chi connectivity index (χ2n) is 5.20. The van der Waals surface area contributed by atoms with Crippen LogP contribution in [0.1, 0.15) is 0 Å². The summed E-state index contributed by atoms with van der Waals surface area (Å²) in [5.41, 5.74) is 3.10. The molecule has 0 bridgehead atoms. The van der Waals surface area contributed by atoms with Crippen molar-refractivity contribution in [3.05, 3.63) is 84.9 Å². The zero-order valence-electron chi connectivity index (χ0n) is 12.3. The summed E-state index contributed by atoms with van der Waals surface area (Å²) in [7, 11) is 0. The highest BCUT2D eigenvalue weighted by molar-refractivity contribution is 8.14. The van der Waals surface area contributed by atoms with E-state index in [0.29, 0.717) is 0 Å². The van der Waals surface area contributed by atoms with Crippen LogP contribution in [0.5, 0.6) is 5.75 Å². The smallest absolute Gasteiger partial charge is 0.307 e. The quantitative estimate of drug-likeness (QED) is 0.633. The third kappa shape index (κ3) is 2.61. The largest absolute Gasteiger partial charge is 0.433 e. The number of hydrogen-bond donors (Lipinski definition) is 1. The molecular weight excluding hydrogens is 323 g/mol. The van der Waals surface area contributed by atoms with Crippen molar-refractivity contribution < 1.29 is 4.52 Å². The Morgan fingerprint density at radius 3 is 2.13 bits per heavy atom. The van der Waals surface area contributed by atoms with Gasteiger partial charge in [-0.1, -0.05) is 48.5 Å². The van der Waals surface area contributed by atoms with Gasteiger partial charge in [-0.15, -0.1) is 0 Å². The van der Waals surface area contributed by atoms with Gasteiger partial charge in [0.25, 0.3) is 0 Å². The lowest BCUT2D eigenvalue weighted by Crippen LogP contribution is -2.15. The summed E-state index contributed by atoms with van der Waals surface area (Å²) in [4.78, 5) is 0. The van der Waals surface area contributed by atoms with Gasteiger partial charge in [0.1, 0.15) is 5.75 Å². The third-order valence-electron chi connectivity index (χ3n) is 3.63. The number of rotatable bonds is 3. The number of nitrogens with zero attached hydrogens (tertiary/aromatic N) is 1. The molecule has 0 fully saturated rings. The Kier molecular flexibility index (Phi) is 3.56. The Labute approximate surface area is 140 Å². The van der Waals surface area contributed by atoms with Crippen LogP contribution >= 0.6 is 6.57 Å². The fourth-order valence-electron chi connectivity index (χ4n) is 2.65. The minimum atomic E-state index is -2.49. The molecule has 0 saturated carbocycles. The summed E-state index contributed by atoms with van der Waals surface area (Å²) in [5, 5.41) is 3.44. The molecule has 1 aliphatic heterocycles. The molecule has 0 amide bonds. The van der Waals surface area contributed by atoms with Gasteiger partial charge < -0.3 is 9.61 Å². The zero-order valence-corrected chi connectivity index (χ0v) is 14.0. The van der Waals surface area contributed by atoms with Crippen LogP contribution in [0.25, 0.3) is 0 Å². The van der Waals surface area contributed by atoms with Crippen LogP contribution in [0.3, 0.4) is 0 Å². The van der Waals surface area contributed by atoms with E-state index in [4.69, 9.17) is 16.3 Å². The maximum Gasteiger partial charge on any atom is 0.307 e. The van der Waals surface area contributed by atoms with Gasteiger partial charge >= 0.3 is 6.57 Å². The second-order valence-corrected chi connectivity index (χ2v) is 8.53. The summed E-state index contributed by atoms with van der Waals surface area (Å²) < 4.78 is 8.37. The molecule has 0 spiro atoms. The Balaban J connectivity index is 1.81. The zero-order chi connectivity index (χ0) is 15.7. The van der Waals surface area contributed by atoms with Gasteiger partial charge in [0.2, 0.25) is 0 Å². The Hall–Kier alpha value is -2.29. The number of para-hydroxylation sites is 4. The Bertz CT molecular complexity index is 870. The minimum absolute atomic E-state index is 0.775. The molecule has 1 aliphatic rings. The topological polar surface area (TPSA) is 24.5 Å². The summed E-state index contributed by atoms with van der Waals surface area (Å²) in [6, 6.07) is 28.0. The van der Waals surface area contributed by atoms with Gasteiger partial charge in [-0.3, -0.25) is 4.67 Å². The van der Waals surface area contributed by atoms with Gasteiger partial charge in [-0.05, 0) is 48.2 Å². The number of fused-ring (bicyclic) bond motifs is 1. The predicted octanol–water partition coefficient (Wildman–Crippen LogP) is 5.55. The van der Waals surface area contributed by atoms with E-state index in [1.807, 2.05) is 66.7 Å². The molecule has 3 aromatic carbocycles. The first-order chi connectivity index (χ1) is 11.3. The van der Waals surface area contributed by atoms with Gasteiger partial charge in [-0.2, -0.15) is 0 Å². The molecule has 114 valence electrons. The van der Waals surface area contributed by atoms with Gasteiger partial charge in [0.15, 0.2) is 0 Å². The van der Waals surface area contributed by atoms with E-state index in [9.17, 15) is 0 Å². The summed E-state index contributed by atoms with van der Waals surface area (Å²) in [6.07, 6.45) is 0. The van der Waals surface area contributed by atoms with E-state index >= 15 is 0 Å². The van der Waals surface area contributed by atoms with Crippen molar-refractivity contribution in [3.8, 4) is 5.75 Å². The molecule has 3 nitrogen and oxygen atoms in total. The van der Waals surface area contributed by atoms with Crippen LogP contribution in [-0.4, -0.2) is 0 Å². The highest BCUT2D eigenvalue weighted by atomic mass is 32.5. The maximum absolute atomic E-state index is 6.25. The monoisotopic (exact) mass is 338 g/mol. The number of hydrogen-bond acceptors (Lipinski definition) is 2. The van der Waals surface area contributed by atoms with Crippen LogP contribution in [-0.2, 0) is 11.8 Å². The third-order valence-corrected chi connectivity index (χ3v) is 6.57. The normalized spacial score (nSPS) is 19.0. The first kappa shape index (κ1) is 14.3. The van der Waals surface area contributed by atoms with Crippen molar-refractivity contribution >= 4 is 35.4 Å². The van der Waals surface area contributed by atoms with E-state index in [-0.39, 0.29) is 0 Å². The minimum Gasteiger partial charge on any atom is -0.433 e. The number of anilines is 3. The first-order valence-corrected chi connectivity index (χ1v) is 10.0. The molecule has 0 aromatic heterocycles. The van der Waals surface area contributed by atoms with Crippen LogP contribution < -0.4 is 14.3 Å². The number of nitrogens with one attached hydrogen (secondary N) is 1. The summed E-state index contributed by atoms with van der Waals surface area (Å²) in [6.45, 7) is -2.49. The van der Waals surface area contributed by atoms with Crippen LogP contribution in [0.15, 0.2) is 84.9 Å². The van der Waals surface area contributed by atoms with E-state index in [2.05, 4.69) is 28.0 Å². The molecule has 3 aromatic rings. The first-order valence-electron chi connectivity index (χ1n) is 7.34. The second kappa shape index (κ2) is 5.73. The SMILES string of the molecule is S=P1(Oc2ccccc2)Nc2ccccc2N1c1ccccc1. The molecule has 1 atom stereocenters. The molecule has 5 heteroatoms. The van der Waals surface area contributed by atoms with Gasteiger partial charge in [-0.25, -0.2) is 0 Å². The van der Waals surface area contributed by atoms with E-state index in [0.717, 1.165) is 22.8 Å². The molecule has 0 saturated heterocycles. The molecule has 1 N–H and O–H groups in total. The molecule has 23 heavy (non-hydrogen) atoms. The lowest BCUT2D eigenvalue weighted by atomic mass is 10.2. The molecule has 1 heterocycles. The van der Waals surface area contributed by atoms with Crippen molar-refractivity contribution in [2.75, 3.05) is 9.76 Å². The highest BCUT2D eigenvalue weighted by Gasteiger charge is 2.38. The van der Waals surface area contributed by atoms with E-state index < -0.39 is 6.57 Å². The predicted molar refractivity (Wildman–Crippen MR) is 100 cm³/mol. The molecular formula is C18H15N2OPS. The summed E-state index contributed by atoms with van der Waals surface area (Å²) >= 11 is 5.96. The standard InChI is InChI=1S/C18H15N2OPS/c23-22(21-16-11-5-2-6-12-16)19-17-13-7-8-14-18(17)20(22)15-9-3-1-4-10-15/h1-14H,(H,19,23). The van der Waals surface area contributed by atoms with Gasteiger partial charge in [0, 0.05) is 0 Å². The fourth-order valence-corrected chi connectivity index (χ4v) is 5.77. The Morgan fingerprint density at radius 2 is 1.39 bits per heavy atom. The van der Waals surface area contributed by atoms with Crippen molar-refractivity contribution in [1.29, 1.82) is 0 Å². The lowest BCUT2D eigenvalue weighted by Gasteiger charge is -2.29.